The Bertz CT molecular complexity index is 570. The summed E-state index contributed by atoms with van der Waals surface area (Å²) in [6.45, 7) is 3.29. The van der Waals surface area contributed by atoms with Gasteiger partial charge in [0.2, 0.25) is 0 Å². The quantitative estimate of drug-likeness (QED) is 0.826. The third-order valence-electron chi connectivity index (χ3n) is 6.69. The van der Waals surface area contributed by atoms with Gasteiger partial charge in [-0.3, -0.25) is 0 Å². The number of hydrogen-bond acceptors (Lipinski definition) is 3. The second kappa shape index (κ2) is 5.16. The average Bonchev–Trinajstić information content (AvgIpc) is 2.90. The van der Waals surface area contributed by atoms with E-state index in [2.05, 4.69) is 19.1 Å². The van der Waals surface area contributed by atoms with Crippen molar-refractivity contribution in [2.45, 2.75) is 44.6 Å². The van der Waals surface area contributed by atoms with Gasteiger partial charge < -0.3 is 14.2 Å². The fourth-order valence-corrected chi connectivity index (χ4v) is 5.50. The average molecular weight is 302 g/mol. The van der Waals surface area contributed by atoms with Gasteiger partial charge in [0.1, 0.15) is 11.5 Å². The van der Waals surface area contributed by atoms with E-state index in [1.54, 1.807) is 7.11 Å². The summed E-state index contributed by atoms with van der Waals surface area (Å²) in [6.07, 6.45) is 5.43. The number of hydrogen-bond donors (Lipinski definition) is 0. The van der Waals surface area contributed by atoms with Crippen molar-refractivity contribution in [1.82, 2.24) is 0 Å². The van der Waals surface area contributed by atoms with Crippen LogP contribution in [0.3, 0.4) is 0 Å². The SMILES string of the molecule is COc1ccc2c(c1)OC[C@@H]1[C@@H]2CC[C@]2(C)[C@@H](OC)CC[C@@H]12. The van der Waals surface area contributed by atoms with E-state index in [1.807, 2.05) is 13.2 Å². The van der Waals surface area contributed by atoms with Crippen LogP contribution >= 0.6 is 0 Å². The molecule has 4 rings (SSSR count). The summed E-state index contributed by atoms with van der Waals surface area (Å²) >= 11 is 0. The van der Waals surface area contributed by atoms with Crippen LogP contribution in [-0.4, -0.2) is 26.9 Å². The number of rotatable bonds is 2. The first-order valence-electron chi connectivity index (χ1n) is 8.51. The van der Waals surface area contributed by atoms with Crippen molar-refractivity contribution in [3.8, 4) is 11.5 Å². The van der Waals surface area contributed by atoms with Crippen LogP contribution in [0, 0.1) is 17.3 Å². The molecule has 2 aliphatic carbocycles. The van der Waals surface area contributed by atoms with Gasteiger partial charge in [-0.05, 0) is 54.6 Å². The molecule has 5 atom stereocenters. The molecule has 0 aromatic heterocycles. The van der Waals surface area contributed by atoms with Crippen LogP contribution in [0.25, 0.3) is 0 Å². The van der Waals surface area contributed by atoms with Crippen molar-refractivity contribution in [1.29, 1.82) is 0 Å². The molecule has 2 saturated carbocycles. The zero-order valence-electron chi connectivity index (χ0n) is 13.8. The zero-order chi connectivity index (χ0) is 15.3. The van der Waals surface area contributed by atoms with Crippen LogP contribution in [0.2, 0.25) is 0 Å². The van der Waals surface area contributed by atoms with E-state index in [9.17, 15) is 0 Å². The topological polar surface area (TPSA) is 27.7 Å². The Kier molecular flexibility index (Phi) is 3.37. The lowest BCUT2D eigenvalue weighted by Crippen LogP contribution is -2.46. The van der Waals surface area contributed by atoms with Gasteiger partial charge in [-0.2, -0.15) is 0 Å². The summed E-state index contributed by atoms with van der Waals surface area (Å²) in [7, 11) is 3.59. The van der Waals surface area contributed by atoms with Crippen molar-refractivity contribution >= 4 is 0 Å². The second-order valence-electron chi connectivity index (χ2n) is 7.44. The molecule has 0 radical (unpaired) electrons. The standard InChI is InChI=1S/C19H26O3/c1-19-9-8-13-14-5-4-12(20-2)10-17(14)22-11-15(13)16(19)6-7-18(19)21-3/h4-5,10,13,15-16,18H,6-9,11H2,1-3H3/t13-,15-,16+,18+,19+/m1/s1. The molecule has 1 heterocycles. The number of benzene rings is 1. The van der Waals surface area contributed by atoms with Crippen LogP contribution in [0.1, 0.15) is 44.1 Å². The Morgan fingerprint density at radius 1 is 1.18 bits per heavy atom. The van der Waals surface area contributed by atoms with E-state index in [0.717, 1.165) is 24.0 Å². The van der Waals surface area contributed by atoms with Crippen molar-refractivity contribution < 1.29 is 14.2 Å². The minimum absolute atomic E-state index is 0.337. The fourth-order valence-electron chi connectivity index (χ4n) is 5.50. The molecule has 3 aliphatic rings. The van der Waals surface area contributed by atoms with Gasteiger partial charge in [0.25, 0.3) is 0 Å². The fraction of sp³-hybridized carbons (Fsp3) is 0.684. The lowest BCUT2D eigenvalue weighted by atomic mass is 9.58. The summed E-state index contributed by atoms with van der Waals surface area (Å²) in [4.78, 5) is 0. The van der Waals surface area contributed by atoms with E-state index in [1.165, 1.54) is 31.2 Å². The summed E-state index contributed by atoms with van der Waals surface area (Å²) in [5.41, 5.74) is 1.73. The summed E-state index contributed by atoms with van der Waals surface area (Å²) in [5, 5.41) is 0. The largest absolute Gasteiger partial charge is 0.497 e. The summed E-state index contributed by atoms with van der Waals surface area (Å²) in [5.74, 6) is 3.93. The third kappa shape index (κ3) is 1.91. The van der Waals surface area contributed by atoms with Crippen LogP contribution in [-0.2, 0) is 4.74 Å². The highest BCUT2D eigenvalue weighted by atomic mass is 16.5. The van der Waals surface area contributed by atoms with E-state index in [0.29, 0.717) is 23.4 Å². The molecular weight excluding hydrogens is 276 g/mol. The minimum atomic E-state index is 0.337. The molecule has 3 nitrogen and oxygen atoms in total. The van der Waals surface area contributed by atoms with Crippen molar-refractivity contribution in [2.75, 3.05) is 20.8 Å². The Labute approximate surface area is 132 Å². The molecule has 22 heavy (non-hydrogen) atoms. The van der Waals surface area contributed by atoms with E-state index in [-0.39, 0.29) is 0 Å². The van der Waals surface area contributed by atoms with Crippen LogP contribution in [0.4, 0.5) is 0 Å². The predicted octanol–water partition coefficient (Wildman–Crippen LogP) is 4.01. The van der Waals surface area contributed by atoms with Crippen molar-refractivity contribution in [2.24, 2.45) is 17.3 Å². The maximum atomic E-state index is 6.14. The molecule has 0 amide bonds. The predicted molar refractivity (Wildman–Crippen MR) is 85.6 cm³/mol. The van der Waals surface area contributed by atoms with Gasteiger partial charge in [0.15, 0.2) is 0 Å². The van der Waals surface area contributed by atoms with Gasteiger partial charge in [-0.25, -0.2) is 0 Å². The Balaban J connectivity index is 1.66. The normalized spacial score (nSPS) is 39.4. The molecule has 0 spiro atoms. The highest BCUT2D eigenvalue weighted by molar-refractivity contribution is 5.45. The molecule has 2 fully saturated rings. The first kappa shape index (κ1) is 14.4. The van der Waals surface area contributed by atoms with E-state index in [4.69, 9.17) is 14.2 Å². The highest BCUT2D eigenvalue weighted by Crippen LogP contribution is 2.60. The zero-order valence-corrected chi connectivity index (χ0v) is 13.8. The van der Waals surface area contributed by atoms with Gasteiger partial charge in [0.05, 0.1) is 19.8 Å². The molecule has 1 aromatic rings. The maximum absolute atomic E-state index is 6.14. The van der Waals surface area contributed by atoms with Gasteiger partial charge in [-0.15, -0.1) is 0 Å². The lowest BCUT2D eigenvalue weighted by molar-refractivity contribution is -0.0537. The highest BCUT2D eigenvalue weighted by Gasteiger charge is 2.55. The second-order valence-corrected chi connectivity index (χ2v) is 7.44. The van der Waals surface area contributed by atoms with Crippen LogP contribution < -0.4 is 9.47 Å². The monoisotopic (exact) mass is 302 g/mol. The molecule has 0 bridgehead atoms. The smallest absolute Gasteiger partial charge is 0.126 e. The summed E-state index contributed by atoms with van der Waals surface area (Å²) in [6, 6.07) is 6.34. The van der Waals surface area contributed by atoms with Crippen molar-refractivity contribution in [3.05, 3.63) is 23.8 Å². The van der Waals surface area contributed by atoms with E-state index >= 15 is 0 Å². The van der Waals surface area contributed by atoms with Gasteiger partial charge in [-0.1, -0.05) is 13.0 Å². The maximum Gasteiger partial charge on any atom is 0.126 e. The molecule has 0 unspecified atom stereocenters. The Morgan fingerprint density at radius 2 is 2.05 bits per heavy atom. The minimum Gasteiger partial charge on any atom is -0.497 e. The third-order valence-corrected chi connectivity index (χ3v) is 6.69. The number of fused-ring (bicyclic) bond motifs is 5. The van der Waals surface area contributed by atoms with Crippen molar-refractivity contribution in [3.63, 3.8) is 0 Å². The Hall–Kier alpha value is -1.22. The molecule has 1 aliphatic heterocycles. The lowest BCUT2D eigenvalue weighted by Gasteiger charge is -2.50. The molecule has 0 N–H and O–H groups in total. The first-order valence-corrected chi connectivity index (χ1v) is 8.51. The molecule has 3 heteroatoms. The van der Waals surface area contributed by atoms with E-state index < -0.39 is 0 Å². The van der Waals surface area contributed by atoms with Crippen LogP contribution in [0.5, 0.6) is 11.5 Å². The van der Waals surface area contributed by atoms with Gasteiger partial charge >= 0.3 is 0 Å². The van der Waals surface area contributed by atoms with Gasteiger partial charge in [0, 0.05) is 19.1 Å². The molecule has 0 saturated heterocycles. The number of ether oxygens (including phenoxy) is 3. The molecule has 120 valence electrons. The molecular formula is C19H26O3. The van der Waals surface area contributed by atoms with Crippen LogP contribution in [0.15, 0.2) is 18.2 Å². The molecule has 1 aromatic carbocycles. The number of methoxy groups -OCH3 is 2. The first-order chi connectivity index (χ1) is 10.7. The Morgan fingerprint density at radius 3 is 2.82 bits per heavy atom. The summed E-state index contributed by atoms with van der Waals surface area (Å²) < 4.78 is 17.3.